The molecular weight excluding hydrogens is 455 g/mol. The van der Waals surface area contributed by atoms with Crippen molar-refractivity contribution in [2.45, 2.75) is 77.0 Å². The average Bonchev–Trinajstić information content (AvgIpc) is 2.74. The summed E-state index contributed by atoms with van der Waals surface area (Å²) in [5.74, 6) is -2.64. The fourth-order valence-electron chi connectivity index (χ4n) is 4.44. The first-order valence-electron chi connectivity index (χ1n) is 11.5. The van der Waals surface area contributed by atoms with Crippen molar-refractivity contribution in [3.05, 3.63) is 0 Å². The molecule has 0 spiro atoms. The van der Waals surface area contributed by atoms with Crippen LogP contribution in [0.4, 0.5) is 0 Å². The van der Waals surface area contributed by atoms with Gasteiger partial charge in [0.25, 0.3) is 0 Å². The van der Waals surface area contributed by atoms with Gasteiger partial charge in [-0.2, -0.15) is 0 Å². The van der Waals surface area contributed by atoms with Gasteiger partial charge in [-0.25, -0.2) is 0 Å². The maximum absolute atomic E-state index is 10.6. The Bertz CT molecular complexity index is 610. The summed E-state index contributed by atoms with van der Waals surface area (Å²) in [5, 5.41) is 32.3. The van der Waals surface area contributed by atoms with Crippen LogP contribution in [-0.2, 0) is 14.4 Å². The molecule has 0 amide bonds. The zero-order valence-corrected chi connectivity index (χ0v) is 22.0. The van der Waals surface area contributed by atoms with Gasteiger partial charge in [-0.3, -0.25) is 19.8 Å². The molecule has 10 N–H and O–H groups in total. The molecule has 0 bridgehead atoms. The van der Waals surface area contributed by atoms with Crippen LogP contribution in [0.3, 0.4) is 0 Å². The number of hydrogen-bond acceptors (Lipinski definition) is 6. The second-order valence-electron chi connectivity index (χ2n) is 9.31. The largest absolute Gasteiger partial charge is 2.00 e. The number of nitrogens with two attached hydrogens (primary N) is 3. The van der Waals surface area contributed by atoms with E-state index >= 15 is 0 Å². The van der Waals surface area contributed by atoms with Gasteiger partial charge >= 0.3 is 41.0 Å². The predicted molar refractivity (Wildman–Crippen MR) is 134 cm³/mol. The summed E-state index contributed by atoms with van der Waals surface area (Å²) in [6, 6.07) is 0. The Morgan fingerprint density at radius 1 is 0.794 bits per heavy atom. The van der Waals surface area contributed by atoms with E-state index in [-0.39, 0.29) is 62.1 Å². The van der Waals surface area contributed by atoms with Gasteiger partial charge in [-0.05, 0) is 49.6 Å². The Hall–Kier alpha value is -1.63. The molecule has 11 nitrogen and oxygen atoms in total. The van der Waals surface area contributed by atoms with E-state index in [9.17, 15) is 14.4 Å². The van der Waals surface area contributed by atoms with Gasteiger partial charge in [-0.15, -0.1) is 0 Å². The third kappa shape index (κ3) is 14.6. The van der Waals surface area contributed by atoms with Crippen molar-refractivity contribution < 1.29 is 32.6 Å². The Morgan fingerprint density at radius 2 is 1.12 bits per heavy atom. The van der Waals surface area contributed by atoms with Gasteiger partial charge in [0.05, 0.1) is 12.8 Å². The van der Waals surface area contributed by atoms with Crippen LogP contribution in [0.15, 0.2) is 0 Å². The summed E-state index contributed by atoms with van der Waals surface area (Å²) < 4.78 is 0. The summed E-state index contributed by atoms with van der Waals surface area (Å²) in [6.07, 6.45) is 11.5. The van der Waals surface area contributed by atoms with Crippen molar-refractivity contribution >= 4 is 46.9 Å². The predicted octanol–water partition coefficient (Wildman–Crippen LogP) is 1.48. The fraction of sp³-hybridized carbons (Fsp3) is 0.818. The third-order valence-corrected chi connectivity index (χ3v) is 6.53. The smallest absolute Gasteiger partial charge is 1.00 e. The van der Waals surface area contributed by atoms with Crippen LogP contribution in [0.1, 0.15) is 79.9 Å². The number of rotatable bonds is 8. The van der Waals surface area contributed by atoms with Crippen LogP contribution in [0, 0.1) is 16.2 Å². The maximum atomic E-state index is 10.6. The first-order valence-corrected chi connectivity index (χ1v) is 11.5. The quantitative estimate of drug-likeness (QED) is 0.145. The van der Waals surface area contributed by atoms with Crippen LogP contribution in [0.2, 0.25) is 0 Å². The van der Waals surface area contributed by atoms with Crippen molar-refractivity contribution in [3.8, 4) is 0 Å². The minimum absolute atomic E-state index is 0. The molecule has 2 rings (SSSR count). The second-order valence-corrected chi connectivity index (χ2v) is 9.31. The van der Waals surface area contributed by atoms with Crippen LogP contribution in [0.5, 0.6) is 0 Å². The van der Waals surface area contributed by atoms with E-state index in [1.807, 2.05) is 0 Å². The van der Waals surface area contributed by atoms with E-state index in [1.165, 1.54) is 19.9 Å². The van der Waals surface area contributed by atoms with E-state index in [4.69, 9.17) is 37.9 Å². The number of carbonyl (C=O) groups is 3. The van der Waals surface area contributed by atoms with Crippen LogP contribution >= 0.6 is 0 Å². The van der Waals surface area contributed by atoms with Crippen molar-refractivity contribution in [2.75, 3.05) is 26.7 Å². The first kappa shape index (κ1) is 34.5. The van der Waals surface area contributed by atoms with Crippen LogP contribution in [-0.4, -0.2) is 93.8 Å². The Balaban J connectivity index is -0.000000207. The number of carboxylic acids is 3. The molecule has 0 atom stereocenters. The van der Waals surface area contributed by atoms with Gasteiger partial charge in [0, 0.05) is 7.05 Å². The van der Waals surface area contributed by atoms with Gasteiger partial charge < -0.3 is 40.3 Å². The number of hydrogen-bond donors (Lipinski definition) is 7. The molecule has 34 heavy (non-hydrogen) atoms. The van der Waals surface area contributed by atoms with Crippen molar-refractivity contribution in [1.29, 1.82) is 5.41 Å². The monoisotopic (exact) mass is 499 g/mol. The minimum atomic E-state index is -0.993. The molecule has 196 valence electrons. The molecule has 0 heterocycles. The van der Waals surface area contributed by atoms with Crippen molar-refractivity contribution in [3.63, 3.8) is 0 Å². The molecule has 2 aliphatic carbocycles. The van der Waals surface area contributed by atoms with Gasteiger partial charge in [0.2, 0.25) is 0 Å². The summed E-state index contributed by atoms with van der Waals surface area (Å²) in [4.78, 5) is 32.2. The molecule has 0 aromatic rings. The van der Waals surface area contributed by atoms with Crippen LogP contribution < -0.4 is 17.2 Å². The molecule has 12 heteroatoms. The summed E-state index contributed by atoms with van der Waals surface area (Å²) in [7, 11) is 1.44. The van der Waals surface area contributed by atoms with E-state index < -0.39 is 17.9 Å². The number of nitrogens with zero attached hydrogens (tertiary/aromatic N) is 1. The first-order chi connectivity index (χ1) is 15.4. The molecular formula is C22H45MgN5O6. The van der Waals surface area contributed by atoms with Crippen molar-refractivity contribution in [1.82, 2.24) is 4.90 Å². The Morgan fingerprint density at radius 3 is 1.29 bits per heavy atom. The molecule has 0 aliphatic heterocycles. The molecule has 2 saturated carbocycles. The van der Waals surface area contributed by atoms with E-state index in [0.717, 1.165) is 56.3 Å². The van der Waals surface area contributed by atoms with E-state index in [2.05, 4.69) is 0 Å². The standard InChI is InChI=1S/2C9H17NO2.C4H9N3O2.Mg.2H/c2*10-7-9(6-8(11)12)4-2-1-3-5-9;1-7(4(5)6)2-3(8)9;;;/h2*1-7,10H2,(H,11,12);2H2,1H3,(H3,5,6)(H,8,9);;;/q;;;+2;2*-1. The zero-order chi connectivity index (χ0) is 25.5. The maximum Gasteiger partial charge on any atom is 2.00 e. The Labute approximate surface area is 221 Å². The van der Waals surface area contributed by atoms with E-state index in [0.29, 0.717) is 13.1 Å². The average molecular weight is 500 g/mol. The summed E-state index contributed by atoms with van der Waals surface area (Å²) in [5.41, 5.74) is 16.0. The third-order valence-electron chi connectivity index (χ3n) is 6.53. The number of nitrogens with one attached hydrogen (secondary N) is 1. The SMILES string of the molecule is CN(CC(=O)O)C(=N)N.NCC1(CC(=O)O)CCCCC1.NCC1(CC(=O)O)CCCCC1.[H-].[H-].[Mg+2]. The minimum Gasteiger partial charge on any atom is -1.00 e. The zero-order valence-electron chi connectivity index (χ0n) is 22.6. The summed E-state index contributed by atoms with van der Waals surface area (Å²) >= 11 is 0. The normalized spacial score (nSPS) is 17.9. The van der Waals surface area contributed by atoms with E-state index in [1.54, 1.807) is 0 Å². The molecule has 2 fully saturated rings. The van der Waals surface area contributed by atoms with Gasteiger partial charge in [0.15, 0.2) is 5.96 Å². The van der Waals surface area contributed by atoms with Crippen LogP contribution in [0.25, 0.3) is 0 Å². The summed E-state index contributed by atoms with van der Waals surface area (Å²) in [6.45, 7) is 0.827. The fourth-order valence-corrected chi connectivity index (χ4v) is 4.44. The molecule has 0 aromatic heterocycles. The second kappa shape index (κ2) is 17.8. The van der Waals surface area contributed by atoms with Gasteiger partial charge in [-0.1, -0.05) is 38.5 Å². The Kier molecular flexibility index (Phi) is 18.0. The molecule has 0 aromatic carbocycles. The van der Waals surface area contributed by atoms with Crippen molar-refractivity contribution in [2.24, 2.45) is 28.0 Å². The molecule has 0 unspecified atom stereocenters. The number of guanidine groups is 1. The topological polar surface area (TPSA) is 217 Å². The molecule has 0 saturated heterocycles. The molecule has 0 radical (unpaired) electrons. The molecule has 2 aliphatic rings. The number of carboxylic acid groups (broad SMARTS) is 3. The van der Waals surface area contributed by atoms with Gasteiger partial charge in [0.1, 0.15) is 6.54 Å². The number of likely N-dealkylation sites (N-methyl/N-ethyl adjacent to an activating group) is 1. The number of aliphatic carboxylic acids is 3.